The monoisotopic (exact) mass is 368 g/mol. The molecule has 1 aromatic heterocycles. The lowest BCUT2D eigenvalue weighted by molar-refractivity contribution is -0.378. The van der Waals surface area contributed by atoms with Gasteiger partial charge in [0.25, 0.3) is 0 Å². The zero-order chi connectivity index (χ0) is 18.9. The molecule has 1 aliphatic heterocycles. The van der Waals surface area contributed by atoms with E-state index in [9.17, 15) is 4.79 Å². The molecule has 28 heavy (non-hydrogen) atoms. The van der Waals surface area contributed by atoms with Gasteiger partial charge in [-0.05, 0) is 36.1 Å². The molecule has 0 bridgehead atoms. The van der Waals surface area contributed by atoms with Crippen molar-refractivity contribution in [3.05, 3.63) is 102 Å². The van der Waals surface area contributed by atoms with Crippen LogP contribution in [0.1, 0.15) is 35.9 Å². The number of allylic oxidation sites excluding steroid dienone is 1. The Morgan fingerprint density at radius 3 is 2.36 bits per heavy atom. The highest BCUT2D eigenvalue weighted by molar-refractivity contribution is 6.01. The Kier molecular flexibility index (Phi) is 4.17. The average molecular weight is 368 g/mol. The molecule has 138 valence electrons. The number of carbonyl (C=O) groups is 1. The lowest BCUT2D eigenvalue weighted by Gasteiger charge is -2.29. The SMILES string of the molecule is O=C1CC(c2ccccc2)CC2=C1C(c1ccc[nH+]c1)Nc1ccccc1N2. The Bertz CT molecular complexity index is 1040. The molecule has 0 saturated carbocycles. The molecule has 3 N–H and O–H groups in total. The standard InChI is InChI=1S/C24H21N3O/c28-22-14-18(16-7-2-1-3-8-16)13-21-23(22)24(17-9-6-12-25-15-17)27-20-11-5-4-10-19(20)26-21/h1-12,15,18,24,26-27H,13-14H2/p+1. The van der Waals surface area contributed by atoms with E-state index < -0.39 is 0 Å². The van der Waals surface area contributed by atoms with E-state index in [0.717, 1.165) is 34.6 Å². The van der Waals surface area contributed by atoms with Crippen molar-refractivity contribution in [1.29, 1.82) is 0 Å². The first kappa shape index (κ1) is 16.8. The summed E-state index contributed by atoms with van der Waals surface area (Å²) in [6.45, 7) is 0. The highest BCUT2D eigenvalue weighted by Crippen LogP contribution is 2.43. The van der Waals surface area contributed by atoms with E-state index in [0.29, 0.717) is 6.42 Å². The van der Waals surface area contributed by atoms with E-state index in [1.54, 1.807) is 0 Å². The van der Waals surface area contributed by atoms with Gasteiger partial charge in [0.1, 0.15) is 0 Å². The molecular weight excluding hydrogens is 346 g/mol. The van der Waals surface area contributed by atoms with Crippen molar-refractivity contribution in [1.82, 2.24) is 0 Å². The van der Waals surface area contributed by atoms with Crippen LogP contribution in [0.2, 0.25) is 0 Å². The number of fused-ring (bicyclic) bond motifs is 1. The van der Waals surface area contributed by atoms with E-state index >= 15 is 0 Å². The number of aromatic amines is 1. The number of para-hydroxylation sites is 2. The fraction of sp³-hybridized carbons (Fsp3) is 0.167. The number of nitrogens with one attached hydrogen (secondary N) is 3. The van der Waals surface area contributed by atoms with Gasteiger partial charge in [0, 0.05) is 29.3 Å². The molecule has 0 amide bonds. The maximum absolute atomic E-state index is 13.4. The first-order valence-electron chi connectivity index (χ1n) is 9.69. The molecule has 4 heteroatoms. The number of hydrogen-bond donors (Lipinski definition) is 2. The summed E-state index contributed by atoms with van der Waals surface area (Å²) in [5.41, 5.74) is 6.17. The van der Waals surface area contributed by atoms with Crippen LogP contribution in [0.3, 0.4) is 0 Å². The summed E-state index contributed by atoms with van der Waals surface area (Å²) in [6.07, 6.45) is 5.21. The predicted octanol–water partition coefficient (Wildman–Crippen LogP) is 4.48. The highest BCUT2D eigenvalue weighted by Gasteiger charge is 2.36. The largest absolute Gasteiger partial charge is 0.372 e. The van der Waals surface area contributed by atoms with Gasteiger partial charge in [-0.25, -0.2) is 4.98 Å². The number of benzene rings is 2. The normalized spacial score (nSPS) is 21.1. The van der Waals surface area contributed by atoms with Gasteiger partial charge in [-0.3, -0.25) is 4.79 Å². The molecular formula is C24H22N3O+. The topological polar surface area (TPSA) is 55.3 Å². The summed E-state index contributed by atoms with van der Waals surface area (Å²) in [4.78, 5) is 16.5. The van der Waals surface area contributed by atoms with Gasteiger partial charge in [-0.2, -0.15) is 0 Å². The molecule has 1 aliphatic carbocycles. The van der Waals surface area contributed by atoms with Crippen molar-refractivity contribution in [2.24, 2.45) is 0 Å². The van der Waals surface area contributed by atoms with Crippen molar-refractivity contribution in [2.45, 2.75) is 24.8 Å². The number of H-pyrrole nitrogens is 1. The van der Waals surface area contributed by atoms with Crippen LogP contribution in [-0.4, -0.2) is 5.78 Å². The lowest BCUT2D eigenvalue weighted by Crippen LogP contribution is -2.27. The molecule has 5 rings (SSSR count). The maximum Gasteiger partial charge on any atom is 0.172 e. The van der Waals surface area contributed by atoms with Gasteiger partial charge < -0.3 is 10.6 Å². The van der Waals surface area contributed by atoms with Crippen LogP contribution in [0, 0.1) is 0 Å². The fourth-order valence-corrected chi connectivity index (χ4v) is 4.29. The fourth-order valence-electron chi connectivity index (χ4n) is 4.29. The quantitative estimate of drug-likeness (QED) is 0.701. The Hall–Kier alpha value is -3.40. The van der Waals surface area contributed by atoms with E-state index in [4.69, 9.17) is 0 Å². The van der Waals surface area contributed by atoms with E-state index in [1.165, 1.54) is 5.56 Å². The van der Waals surface area contributed by atoms with Crippen LogP contribution in [0.5, 0.6) is 0 Å². The summed E-state index contributed by atoms with van der Waals surface area (Å²) < 4.78 is 0. The molecule has 0 saturated heterocycles. The van der Waals surface area contributed by atoms with E-state index in [-0.39, 0.29) is 17.7 Å². The number of hydrogen-bond acceptors (Lipinski definition) is 3. The first-order chi connectivity index (χ1) is 13.8. The number of ketones is 1. The number of pyridine rings is 1. The van der Waals surface area contributed by atoms with Gasteiger partial charge in [0.05, 0.1) is 17.4 Å². The molecule has 2 atom stereocenters. The minimum Gasteiger partial charge on any atom is -0.372 e. The van der Waals surface area contributed by atoms with Crippen LogP contribution < -0.4 is 15.6 Å². The van der Waals surface area contributed by atoms with Gasteiger partial charge in [0.2, 0.25) is 0 Å². The second kappa shape index (κ2) is 6.97. The first-order valence-corrected chi connectivity index (χ1v) is 9.69. The third kappa shape index (κ3) is 2.97. The van der Waals surface area contributed by atoms with Gasteiger partial charge in [0.15, 0.2) is 18.2 Å². The van der Waals surface area contributed by atoms with Crippen LogP contribution in [0.4, 0.5) is 11.4 Å². The van der Waals surface area contributed by atoms with Crippen molar-refractivity contribution < 1.29 is 9.78 Å². The summed E-state index contributed by atoms with van der Waals surface area (Å²) in [5.74, 6) is 0.407. The average Bonchev–Trinajstić information content (AvgIpc) is 2.92. The summed E-state index contributed by atoms with van der Waals surface area (Å²) in [5, 5.41) is 7.18. The minimum absolute atomic E-state index is 0.173. The third-order valence-electron chi connectivity index (χ3n) is 5.64. The van der Waals surface area contributed by atoms with E-state index in [1.807, 2.05) is 48.8 Å². The van der Waals surface area contributed by atoms with Crippen molar-refractivity contribution >= 4 is 17.2 Å². The Labute approximate surface area is 164 Å². The van der Waals surface area contributed by atoms with Crippen LogP contribution in [-0.2, 0) is 4.79 Å². The molecule has 2 unspecified atom stereocenters. The second-order valence-electron chi connectivity index (χ2n) is 7.42. The minimum atomic E-state index is -0.173. The number of anilines is 2. The number of Topliss-reactive ketones (excluding diaryl/α,β-unsaturated/α-hetero) is 1. The van der Waals surface area contributed by atoms with Crippen molar-refractivity contribution in [3.63, 3.8) is 0 Å². The number of carbonyl (C=O) groups excluding carboxylic acids is 1. The van der Waals surface area contributed by atoms with Gasteiger partial charge in [-0.1, -0.05) is 42.5 Å². The van der Waals surface area contributed by atoms with Gasteiger partial charge in [-0.15, -0.1) is 0 Å². The molecule has 4 nitrogen and oxygen atoms in total. The summed E-state index contributed by atoms with van der Waals surface area (Å²) in [6, 6.07) is 22.4. The summed E-state index contributed by atoms with van der Waals surface area (Å²) >= 11 is 0. The summed E-state index contributed by atoms with van der Waals surface area (Å²) in [7, 11) is 0. The van der Waals surface area contributed by atoms with E-state index in [2.05, 4.69) is 45.9 Å². The van der Waals surface area contributed by atoms with Gasteiger partial charge >= 0.3 is 0 Å². The molecule has 2 heterocycles. The van der Waals surface area contributed by atoms with Crippen molar-refractivity contribution in [3.8, 4) is 0 Å². The smallest absolute Gasteiger partial charge is 0.172 e. The predicted molar refractivity (Wildman–Crippen MR) is 110 cm³/mol. The number of rotatable bonds is 2. The Morgan fingerprint density at radius 2 is 1.57 bits per heavy atom. The molecule has 0 spiro atoms. The zero-order valence-corrected chi connectivity index (χ0v) is 15.5. The maximum atomic E-state index is 13.4. The van der Waals surface area contributed by atoms with Crippen LogP contribution in [0.15, 0.2) is 90.4 Å². The second-order valence-corrected chi connectivity index (χ2v) is 7.42. The van der Waals surface area contributed by atoms with Crippen LogP contribution in [0.25, 0.3) is 0 Å². The van der Waals surface area contributed by atoms with Crippen LogP contribution >= 0.6 is 0 Å². The lowest BCUT2D eigenvalue weighted by atomic mass is 9.79. The molecule has 3 aromatic rings. The highest BCUT2D eigenvalue weighted by atomic mass is 16.1. The Morgan fingerprint density at radius 1 is 0.821 bits per heavy atom. The molecule has 2 aliphatic rings. The molecule has 0 radical (unpaired) electrons. The molecule has 2 aromatic carbocycles. The molecule has 0 fully saturated rings. The zero-order valence-electron chi connectivity index (χ0n) is 15.5. The number of aromatic nitrogens is 1. The van der Waals surface area contributed by atoms with Crippen molar-refractivity contribution in [2.75, 3.05) is 10.6 Å². The third-order valence-corrected chi connectivity index (χ3v) is 5.64. The Balaban J connectivity index is 1.62.